The van der Waals surface area contributed by atoms with Crippen molar-refractivity contribution in [2.45, 2.75) is 6.18 Å². The van der Waals surface area contributed by atoms with Crippen molar-refractivity contribution in [2.75, 3.05) is 10.6 Å². The Hall–Kier alpha value is -1.31. The van der Waals surface area contributed by atoms with Crippen LogP contribution in [0.5, 0.6) is 0 Å². The Balaban J connectivity index is 2.03. The number of alkyl halides is 3. The first-order chi connectivity index (χ1) is 10.3. The van der Waals surface area contributed by atoms with E-state index in [1.807, 2.05) is 0 Å². The predicted octanol–water partition coefficient (Wildman–Crippen LogP) is 5.93. The van der Waals surface area contributed by atoms with Crippen molar-refractivity contribution >= 4 is 56.2 Å². The van der Waals surface area contributed by atoms with Crippen LogP contribution in [0.1, 0.15) is 5.56 Å². The Morgan fingerprint density at radius 2 is 1.68 bits per heavy atom. The summed E-state index contributed by atoms with van der Waals surface area (Å²) >= 11 is 14.4. The summed E-state index contributed by atoms with van der Waals surface area (Å²) in [5, 5.41) is 6.36. The summed E-state index contributed by atoms with van der Waals surface area (Å²) in [6.07, 6.45) is -4.36. The third-order valence-corrected chi connectivity index (χ3v) is 3.66. The average Bonchev–Trinajstić information content (AvgIpc) is 2.41. The Morgan fingerprint density at radius 3 is 2.23 bits per heavy atom. The van der Waals surface area contributed by atoms with Gasteiger partial charge in [0.2, 0.25) is 0 Å². The second-order valence-electron chi connectivity index (χ2n) is 4.28. The van der Waals surface area contributed by atoms with Gasteiger partial charge in [-0.15, -0.1) is 0 Å². The fraction of sp³-hybridized carbons (Fsp3) is 0.0714. The van der Waals surface area contributed by atoms with Crippen LogP contribution in [-0.4, -0.2) is 5.11 Å². The zero-order chi connectivity index (χ0) is 16.3. The van der Waals surface area contributed by atoms with Crippen LogP contribution in [-0.2, 0) is 6.18 Å². The zero-order valence-corrected chi connectivity index (χ0v) is 14.0. The molecule has 2 aromatic rings. The molecule has 0 amide bonds. The molecule has 2 N–H and O–H groups in total. The van der Waals surface area contributed by atoms with Crippen LogP contribution >= 0.6 is 39.7 Å². The number of benzene rings is 2. The molecule has 116 valence electrons. The second-order valence-corrected chi connectivity index (χ2v) is 6.01. The lowest BCUT2D eigenvalue weighted by Crippen LogP contribution is -2.19. The minimum absolute atomic E-state index is 0.226. The summed E-state index contributed by atoms with van der Waals surface area (Å²) in [5.74, 6) is 0. The van der Waals surface area contributed by atoms with E-state index in [-0.39, 0.29) is 5.11 Å². The van der Waals surface area contributed by atoms with Crippen molar-refractivity contribution in [2.24, 2.45) is 0 Å². The molecular formula is C14H9BrClF3N2S. The molecule has 0 spiro atoms. The summed E-state index contributed by atoms with van der Waals surface area (Å²) in [4.78, 5) is 0. The molecule has 0 heterocycles. The molecule has 0 bridgehead atoms. The number of hydrogen-bond donors (Lipinski definition) is 2. The molecule has 0 aliphatic carbocycles. The van der Waals surface area contributed by atoms with Gasteiger partial charge in [-0.2, -0.15) is 13.2 Å². The number of thiocarbonyl (C=S) groups is 1. The van der Waals surface area contributed by atoms with Crippen LogP contribution in [0.3, 0.4) is 0 Å². The second kappa shape index (κ2) is 6.85. The third kappa shape index (κ3) is 4.59. The largest absolute Gasteiger partial charge is 0.416 e. The first-order valence-electron chi connectivity index (χ1n) is 5.96. The van der Waals surface area contributed by atoms with E-state index in [9.17, 15) is 13.2 Å². The number of halogens is 5. The summed E-state index contributed by atoms with van der Waals surface area (Å²) in [6.45, 7) is 0. The highest BCUT2D eigenvalue weighted by molar-refractivity contribution is 9.10. The SMILES string of the molecule is FC(F)(F)c1ccc(NC(=S)Nc2ccc(Br)cc2Cl)cc1. The number of anilines is 2. The maximum atomic E-state index is 12.5. The summed E-state index contributed by atoms with van der Waals surface area (Å²) in [7, 11) is 0. The lowest BCUT2D eigenvalue weighted by Gasteiger charge is -2.13. The van der Waals surface area contributed by atoms with Crippen LogP contribution in [0.15, 0.2) is 46.9 Å². The van der Waals surface area contributed by atoms with Crippen molar-refractivity contribution in [1.29, 1.82) is 0 Å². The van der Waals surface area contributed by atoms with Crippen molar-refractivity contribution in [3.63, 3.8) is 0 Å². The summed E-state index contributed by atoms with van der Waals surface area (Å²) in [5.41, 5.74) is 0.320. The van der Waals surface area contributed by atoms with Gasteiger partial charge in [0.05, 0.1) is 16.3 Å². The Labute approximate surface area is 143 Å². The summed E-state index contributed by atoms with van der Waals surface area (Å²) < 4.78 is 38.2. The Bertz CT molecular complexity index is 689. The van der Waals surface area contributed by atoms with Gasteiger partial charge >= 0.3 is 6.18 Å². The highest BCUT2D eigenvalue weighted by Crippen LogP contribution is 2.30. The number of hydrogen-bond acceptors (Lipinski definition) is 1. The first kappa shape index (κ1) is 17.1. The van der Waals surface area contributed by atoms with E-state index in [0.717, 1.165) is 16.6 Å². The molecular weight excluding hydrogens is 401 g/mol. The molecule has 2 aromatic carbocycles. The summed E-state index contributed by atoms with van der Waals surface area (Å²) in [6, 6.07) is 9.79. The van der Waals surface area contributed by atoms with Gasteiger partial charge in [0.1, 0.15) is 0 Å². The van der Waals surface area contributed by atoms with Gasteiger partial charge in [0.25, 0.3) is 0 Å². The Morgan fingerprint density at radius 1 is 1.05 bits per heavy atom. The van der Waals surface area contributed by atoms with E-state index in [1.54, 1.807) is 18.2 Å². The fourth-order valence-corrected chi connectivity index (χ4v) is 2.57. The molecule has 0 aromatic heterocycles. The third-order valence-electron chi connectivity index (χ3n) is 2.65. The predicted molar refractivity (Wildman–Crippen MR) is 90.4 cm³/mol. The topological polar surface area (TPSA) is 24.1 Å². The smallest absolute Gasteiger partial charge is 0.332 e. The van der Waals surface area contributed by atoms with Crippen LogP contribution in [0, 0.1) is 0 Å². The van der Waals surface area contributed by atoms with Crippen LogP contribution in [0.2, 0.25) is 5.02 Å². The van der Waals surface area contributed by atoms with Gasteiger partial charge in [-0.05, 0) is 54.7 Å². The maximum absolute atomic E-state index is 12.5. The highest BCUT2D eigenvalue weighted by Gasteiger charge is 2.29. The molecule has 2 nitrogen and oxygen atoms in total. The standard InChI is InChI=1S/C14H9BrClF3N2S/c15-9-3-6-12(11(16)7-9)21-13(22)20-10-4-1-8(2-5-10)14(17,18)19/h1-7H,(H2,20,21,22). The average molecular weight is 410 g/mol. The molecule has 0 saturated carbocycles. The first-order valence-corrected chi connectivity index (χ1v) is 7.54. The normalized spacial score (nSPS) is 11.1. The maximum Gasteiger partial charge on any atom is 0.416 e. The molecule has 0 fully saturated rings. The minimum atomic E-state index is -4.36. The fourth-order valence-electron chi connectivity index (χ4n) is 1.62. The van der Waals surface area contributed by atoms with Gasteiger partial charge in [-0.1, -0.05) is 27.5 Å². The quantitative estimate of drug-likeness (QED) is 0.601. The van der Waals surface area contributed by atoms with E-state index in [1.165, 1.54) is 12.1 Å². The molecule has 0 aliphatic heterocycles. The van der Waals surface area contributed by atoms with E-state index < -0.39 is 11.7 Å². The van der Waals surface area contributed by atoms with Gasteiger partial charge in [0, 0.05) is 10.2 Å². The van der Waals surface area contributed by atoms with Crippen LogP contribution in [0.25, 0.3) is 0 Å². The number of rotatable bonds is 2. The van der Waals surface area contributed by atoms with Gasteiger partial charge in [-0.3, -0.25) is 0 Å². The zero-order valence-electron chi connectivity index (χ0n) is 10.8. The van der Waals surface area contributed by atoms with Crippen LogP contribution in [0.4, 0.5) is 24.5 Å². The molecule has 0 saturated heterocycles. The monoisotopic (exact) mass is 408 g/mol. The van der Waals surface area contributed by atoms with Gasteiger partial charge in [0.15, 0.2) is 5.11 Å². The van der Waals surface area contributed by atoms with Crippen molar-refractivity contribution in [3.8, 4) is 0 Å². The van der Waals surface area contributed by atoms with E-state index in [0.29, 0.717) is 16.4 Å². The lowest BCUT2D eigenvalue weighted by molar-refractivity contribution is -0.137. The van der Waals surface area contributed by atoms with Crippen LogP contribution < -0.4 is 10.6 Å². The van der Waals surface area contributed by atoms with E-state index >= 15 is 0 Å². The van der Waals surface area contributed by atoms with Gasteiger partial charge in [-0.25, -0.2) is 0 Å². The van der Waals surface area contributed by atoms with E-state index in [2.05, 4.69) is 26.6 Å². The minimum Gasteiger partial charge on any atom is -0.332 e. The molecule has 0 unspecified atom stereocenters. The molecule has 2 rings (SSSR count). The Kier molecular flexibility index (Phi) is 5.31. The molecule has 0 atom stereocenters. The number of nitrogens with one attached hydrogen (secondary N) is 2. The molecule has 0 aliphatic rings. The molecule has 8 heteroatoms. The molecule has 22 heavy (non-hydrogen) atoms. The van der Waals surface area contributed by atoms with Crippen molar-refractivity contribution < 1.29 is 13.2 Å². The van der Waals surface area contributed by atoms with Gasteiger partial charge < -0.3 is 10.6 Å². The van der Waals surface area contributed by atoms with E-state index in [4.69, 9.17) is 23.8 Å². The highest BCUT2D eigenvalue weighted by atomic mass is 79.9. The lowest BCUT2D eigenvalue weighted by atomic mass is 10.2. The molecule has 0 radical (unpaired) electrons. The van der Waals surface area contributed by atoms with Crippen molar-refractivity contribution in [3.05, 3.63) is 57.5 Å². The van der Waals surface area contributed by atoms with Crippen molar-refractivity contribution in [1.82, 2.24) is 0 Å².